The molecule has 17 heavy (non-hydrogen) atoms. The molecule has 2 heterocycles. The molecule has 2 rings (SSSR count). The zero-order valence-corrected chi connectivity index (χ0v) is 10.8. The summed E-state index contributed by atoms with van der Waals surface area (Å²) in [5.74, 6) is 2.92. The molecular formula is C12H13NO2S2. The Morgan fingerprint density at radius 3 is 3.12 bits per heavy atom. The van der Waals surface area contributed by atoms with Crippen molar-refractivity contribution in [3.05, 3.63) is 33.4 Å². The molecule has 1 aromatic heterocycles. The third-order valence-corrected chi connectivity index (χ3v) is 4.33. The first-order valence-corrected chi connectivity index (χ1v) is 6.98. The van der Waals surface area contributed by atoms with Gasteiger partial charge in [-0.1, -0.05) is 23.9 Å². The summed E-state index contributed by atoms with van der Waals surface area (Å²) in [4.78, 5) is 7.56. The van der Waals surface area contributed by atoms with Crippen LogP contribution in [0.25, 0.3) is 4.91 Å². The van der Waals surface area contributed by atoms with Crippen molar-refractivity contribution < 1.29 is 10.2 Å². The van der Waals surface area contributed by atoms with Crippen molar-refractivity contribution in [1.29, 1.82) is 0 Å². The van der Waals surface area contributed by atoms with Gasteiger partial charge in [0.15, 0.2) is 0 Å². The Kier molecular flexibility index (Phi) is 4.59. The molecular weight excluding hydrogens is 254 g/mol. The molecule has 0 spiro atoms. The van der Waals surface area contributed by atoms with E-state index in [-0.39, 0.29) is 13.2 Å². The molecule has 1 aliphatic heterocycles. The zero-order valence-electron chi connectivity index (χ0n) is 9.17. The van der Waals surface area contributed by atoms with Crippen LogP contribution in [0.5, 0.6) is 0 Å². The predicted molar refractivity (Wildman–Crippen MR) is 73.4 cm³/mol. The highest BCUT2D eigenvalue weighted by atomic mass is 32.2. The van der Waals surface area contributed by atoms with Crippen molar-refractivity contribution in [2.75, 3.05) is 13.2 Å². The summed E-state index contributed by atoms with van der Waals surface area (Å²) in [5, 5.41) is 19.8. The zero-order chi connectivity index (χ0) is 12.1. The van der Waals surface area contributed by atoms with E-state index in [1.807, 2.05) is 6.07 Å². The Morgan fingerprint density at radius 1 is 1.53 bits per heavy atom. The number of aliphatic imine (C=N–C) groups is 1. The van der Waals surface area contributed by atoms with Gasteiger partial charge >= 0.3 is 0 Å². The lowest BCUT2D eigenvalue weighted by Gasteiger charge is -1.99. The first kappa shape index (κ1) is 12.6. The van der Waals surface area contributed by atoms with Crippen LogP contribution in [0.3, 0.4) is 0 Å². The molecule has 0 bridgehead atoms. The van der Waals surface area contributed by atoms with Crippen molar-refractivity contribution >= 4 is 33.9 Å². The van der Waals surface area contributed by atoms with E-state index in [0.717, 1.165) is 11.3 Å². The molecule has 2 N–H and O–H groups in total. The van der Waals surface area contributed by atoms with Gasteiger partial charge in [0.05, 0.1) is 24.2 Å². The van der Waals surface area contributed by atoms with E-state index in [1.54, 1.807) is 23.1 Å². The van der Waals surface area contributed by atoms with Gasteiger partial charge in [-0.25, -0.2) is 4.99 Å². The number of thioether (sulfide) groups is 1. The summed E-state index contributed by atoms with van der Waals surface area (Å²) in [5.41, 5.74) is 0. The Bertz CT molecular complexity index is 459. The summed E-state index contributed by atoms with van der Waals surface area (Å²) < 4.78 is 0. The molecule has 3 nitrogen and oxygen atoms in total. The van der Waals surface area contributed by atoms with Gasteiger partial charge in [-0.3, -0.25) is 0 Å². The highest BCUT2D eigenvalue weighted by Gasteiger charge is 2.13. The molecule has 1 aromatic rings. The van der Waals surface area contributed by atoms with Crippen LogP contribution in [0.1, 0.15) is 11.3 Å². The smallest absolute Gasteiger partial charge is 0.0973 e. The second-order valence-electron chi connectivity index (χ2n) is 3.56. The Balaban J connectivity index is 1.94. The van der Waals surface area contributed by atoms with E-state index in [9.17, 15) is 0 Å². The van der Waals surface area contributed by atoms with Gasteiger partial charge in [-0.15, -0.1) is 11.3 Å². The molecule has 0 aliphatic carbocycles. The standard InChI is InChI=1S/C12H13NO2S2/c14-8-9(15)6-13-7-10-3-4-12(17-10)11-2-1-5-16-11/h1-2,4-5,9,14-15H,3,6,8H2. The molecule has 0 amide bonds. The number of thiophene rings is 1. The number of hydrogen-bond donors (Lipinski definition) is 2. The fraction of sp³-hybridized carbons (Fsp3) is 0.333. The van der Waals surface area contributed by atoms with Gasteiger partial charge in [0, 0.05) is 16.2 Å². The van der Waals surface area contributed by atoms with Crippen molar-refractivity contribution in [3.8, 4) is 0 Å². The predicted octanol–water partition coefficient (Wildman–Crippen LogP) is 2.13. The van der Waals surface area contributed by atoms with E-state index in [2.05, 4.69) is 28.4 Å². The van der Waals surface area contributed by atoms with E-state index >= 15 is 0 Å². The lowest BCUT2D eigenvalue weighted by atomic mass is 10.3. The van der Waals surface area contributed by atoms with Crippen LogP contribution in [0.15, 0.2) is 33.5 Å². The third-order valence-electron chi connectivity index (χ3n) is 2.19. The van der Waals surface area contributed by atoms with Crippen LogP contribution in [0.2, 0.25) is 0 Å². The van der Waals surface area contributed by atoms with Crippen LogP contribution in [-0.4, -0.2) is 35.3 Å². The molecule has 1 unspecified atom stereocenters. The highest BCUT2D eigenvalue weighted by Crippen LogP contribution is 2.42. The number of aliphatic hydroxyl groups excluding tert-OH is 2. The van der Waals surface area contributed by atoms with Gasteiger partial charge in [-0.2, -0.15) is 0 Å². The quantitative estimate of drug-likeness (QED) is 0.822. The molecule has 1 atom stereocenters. The molecule has 0 aromatic carbocycles. The third kappa shape index (κ3) is 3.56. The topological polar surface area (TPSA) is 52.8 Å². The average Bonchev–Trinajstić information content (AvgIpc) is 2.98. The Labute approximate surface area is 108 Å². The van der Waals surface area contributed by atoms with Crippen LogP contribution in [-0.2, 0) is 0 Å². The SMILES string of the molecule is OCC(O)CN=C=C1CC=C(c2cccs2)S1. The van der Waals surface area contributed by atoms with Crippen LogP contribution in [0.4, 0.5) is 0 Å². The minimum absolute atomic E-state index is 0.203. The van der Waals surface area contributed by atoms with Crippen LogP contribution >= 0.6 is 23.1 Å². The highest BCUT2D eigenvalue weighted by molar-refractivity contribution is 8.12. The monoisotopic (exact) mass is 267 g/mol. The second kappa shape index (κ2) is 6.19. The molecule has 90 valence electrons. The molecule has 1 aliphatic rings. The van der Waals surface area contributed by atoms with E-state index in [0.29, 0.717) is 0 Å². The lowest BCUT2D eigenvalue weighted by Crippen LogP contribution is -2.15. The normalized spacial score (nSPS) is 16.6. The van der Waals surface area contributed by atoms with Crippen LogP contribution in [0, 0.1) is 0 Å². The fourth-order valence-electron chi connectivity index (χ4n) is 1.34. The Hall–Kier alpha value is -0.840. The summed E-state index contributed by atoms with van der Waals surface area (Å²) in [7, 11) is 0. The molecule has 5 heteroatoms. The van der Waals surface area contributed by atoms with E-state index < -0.39 is 6.10 Å². The Morgan fingerprint density at radius 2 is 2.41 bits per heavy atom. The first-order chi connectivity index (χ1) is 8.29. The molecule has 0 radical (unpaired) electrons. The van der Waals surface area contributed by atoms with Crippen molar-refractivity contribution in [3.63, 3.8) is 0 Å². The molecule has 0 saturated carbocycles. The number of aliphatic hydroxyl groups is 2. The maximum atomic E-state index is 9.12. The van der Waals surface area contributed by atoms with Gasteiger partial charge in [0.2, 0.25) is 0 Å². The summed E-state index contributed by atoms with van der Waals surface area (Å²) in [6.45, 7) is -0.0543. The summed E-state index contributed by atoms with van der Waals surface area (Å²) in [6.07, 6.45) is 2.23. The summed E-state index contributed by atoms with van der Waals surface area (Å²) in [6, 6.07) is 4.13. The number of allylic oxidation sites excluding steroid dienone is 2. The summed E-state index contributed by atoms with van der Waals surface area (Å²) >= 11 is 3.39. The van der Waals surface area contributed by atoms with Gasteiger partial charge in [0.25, 0.3) is 0 Å². The minimum atomic E-state index is -0.778. The minimum Gasteiger partial charge on any atom is -0.394 e. The lowest BCUT2D eigenvalue weighted by molar-refractivity contribution is 0.102. The first-order valence-electron chi connectivity index (χ1n) is 5.28. The maximum absolute atomic E-state index is 9.12. The van der Waals surface area contributed by atoms with E-state index in [4.69, 9.17) is 10.2 Å². The van der Waals surface area contributed by atoms with Crippen molar-refractivity contribution in [1.82, 2.24) is 0 Å². The van der Waals surface area contributed by atoms with Gasteiger partial charge < -0.3 is 10.2 Å². The van der Waals surface area contributed by atoms with Gasteiger partial charge in [-0.05, 0) is 17.3 Å². The number of nitrogens with zero attached hydrogens (tertiary/aromatic N) is 1. The van der Waals surface area contributed by atoms with Crippen molar-refractivity contribution in [2.45, 2.75) is 12.5 Å². The maximum Gasteiger partial charge on any atom is 0.0973 e. The fourth-order valence-corrected chi connectivity index (χ4v) is 3.14. The van der Waals surface area contributed by atoms with Crippen LogP contribution < -0.4 is 0 Å². The largest absolute Gasteiger partial charge is 0.394 e. The van der Waals surface area contributed by atoms with Crippen molar-refractivity contribution in [2.24, 2.45) is 4.99 Å². The molecule has 0 fully saturated rings. The molecule has 0 saturated heterocycles. The van der Waals surface area contributed by atoms with E-state index in [1.165, 1.54) is 9.78 Å². The van der Waals surface area contributed by atoms with Gasteiger partial charge in [0.1, 0.15) is 0 Å². The average molecular weight is 267 g/mol. The number of rotatable bonds is 4. The number of hydrogen-bond acceptors (Lipinski definition) is 5. The second-order valence-corrected chi connectivity index (χ2v) is 5.65.